The highest BCUT2D eigenvalue weighted by Gasteiger charge is 2.22. The van der Waals surface area contributed by atoms with E-state index >= 15 is 0 Å². The first-order valence-electron chi connectivity index (χ1n) is 6.63. The van der Waals surface area contributed by atoms with Gasteiger partial charge in [-0.3, -0.25) is 9.78 Å². The topological polar surface area (TPSA) is 54.5 Å². The van der Waals surface area contributed by atoms with Crippen LogP contribution >= 0.6 is 0 Å². The molecule has 5 heteroatoms. The highest BCUT2D eigenvalue weighted by molar-refractivity contribution is 5.99. The summed E-state index contributed by atoms with van der Waals surface area (Å²) in [7, 11) is 3.62. The van der Waals surface area contributed by atoms with E-state index in [4.69, 9.17) is 4.74 Å². The summed E-state index contributed by atoms with van der Waals surface area (Å²) in [6.07, 6.45) is 3.92. The van der Waals surface area contributed by atoms with Gasteiger partial charge in [0.05, 0.1) is 17.4 Å². The second-order valence-corrected chi connectivity index (χ2v) is 4.94. The molecular weight excluding hydrogens is 242 g/mol. The lowest BCUT2D eigenvalue weighted by Crippen LogP contribution is -2.34. The Labute approximate surface area is 114 Å². The van der Waals surface area contributed by atoms with Crippen molar-refractivity contribution in [2.45, 2.75) is 25.9 Å². The number of nitrogens with one attached hydrogen (secondary N) is 1. The molecule has 0 bridgehead atoms. The molecule has 5 nitrogen and oxygen atoms in total. The van der Waals surface area contributed by atoms with Gasteiger partial charge in [-0.2, -0.15) is 0 Å². The van der Waals surface area contributed by atoms with Crippen molar-refractivity contribution in [2.75, 3.05) is 32.6 Å². The lowest BCUT2D eigenvalue weighted by Gasteiger charge is -2.22. The summed E-state index contributed by atoms with van der Waals surface area (Å²) >= 11 is 0. The first-order chi connectivity index (χ1) is 9.11. The van der Waals surface area contributed by atoms with Crippen LogP contribution in [0.3, 0.4) is 0 Å². The summed E-state index contributed by atoms with van der Waals surface area (Å²) in [4.78, 5) is 18.3. The lowest BCUT2D eigenvalue weighted by atomic mass is 10.1. The Morgan fingerprint density at radius 3 is 3.05 bits per heavy atom. The number of likely N-dealkylation sites (N-methyl/N-ethyl adjacent to an activating group) is 1. The number of hydrogen-bond acceptors (Lipinski definition) is 4. The Morgan fingerprint density at radius 1 is 1.63 bits per heavy atom. The van der Waals surface area contributed by atoms with E-state index in [0.29, 0.717) is 12.1 Å². The zero-order valence-corrected chi connectivity index (χ0v) is 11.8. The molecule has 0 aliphatic carbocycles. The minimum atomic E-state index is -0.0210. The third kappa shape index (κ3) is 3.23. The molecule has 0 aromatic carbocycles. The van der Waals surface area contributed by atoms with Gasteiger partial charge in [0.15, 0.2) is 0 Å². The van der Waals surface area contributed by atoms with Crippen molar-refractivity contribution < 1.29 is 9.53 Å². The van der Waals surface area contributed by atoms with Crippen LogP contribution in [0, 0.1) is 6.92 Å². The van der Waals surface area contributed by atoms with Gasteiger partial charge in [-0.1, -0.05) is 0 Å². The molecule has 1 aromatic heterocycles. The van der Waals surface area contributed by atoms with Crippen LogP contribution in [0.5, 0.6) is 0 Å². The third-order valence-corrected chi connectivity index (χ3v) is 3.39. The van der Waals surface area contributed by atoms with Gasteiger partial charge in [0, 0.05) is 39.1 Å². The molecule has 2 rings (SSSR count). The second kappa shape index (κ2) is 6.02. The van der Waals surface area contributed by atoms with E-state index in [0.717, 1.165) is 30.8 Å². The lowest BCUT2D eigenvalue weighted by molar-refractivity contribution is 0.0587. The number of anilines is 1. The number of aryl methyl sites for hydroxylation is 1. The summed E-state index contributed by atoms with van der Waals surface area (Å²) in [6.45, 7) is 3.35. The second-order valence-electron chi connectivity index (χ2n) is 4.94. The van der Waals surface area contributed by atoms with Crippen LogP contribution in [-0.2, 0) is 4.74 Å². The fourth-order valence-corrected chi connectivity index (χ4v) is 2.32. The summed E-state index contributed by atoms with van der Waals surface area (Å²) in [5, 5.41) is 3.05. The number of rotatable bonds is 4. The molecular formula is C14H21N3O2. The first-order valence-corrected chi connectivity index (χ1v) is 6.63. The van der Waals surface area contributed by atoms with Gasteiger partial charge in [-0.25, -0.2) is 0 Å². The molecule has 1 fully saturated rings. The van der Waals surface area contributed by atoms with Crippen molar-refractivity contribution in [1.82, 2.24) is 9.88 Å². The normalized spacial score (nSPS) is 18.4. The average molecular weight is 263 g/mol. The van der Waals surface area contributed by atoms with Crippen LogP contribution in [0.25, 0.3) is 0 Å². The predicted octanol–water partition coefficient (Wildman–Crippen LogP) is 1.68. The van der Waals surface area contributed by atoms with Gasteiger partial charge in [-0.05, 0) is 25.8 Å². The highest BCUT2D eigenvalue weighted by atomic mass is 16.5. The monoisotopic (exact) mass is 263 g/mol. The Kier molecular flexibility index (Phi) is 4.37. The quantitative estimate of drug-likeness (QED) is 0.898. The molecule has 1 aliphatic rings. The average Bonchev–Trinajstić information content (AvgIpc) is 2.90. The third-order valence-electron chi connectivity index (χ3n) is 3.39. The largest absolute Gasteiger partial charge is 0.387 e. The molecule has 0 radical (unpaired) electrons. The molecule has 0 saturated carbocycles. The number of ether oxygens (including phenoxy) is 1. The molecule has 1 saturated heterocycles. The standard InChI is InChI=1S/C14H21N3O2/c1-10-7-13(15-2)12(8-16-10)14(18)17(3)9-11-5-4-6-19-11/h7-8,11H,4-6,9H2,1-3H3,(H,15,16). The minimum Gasteiger partial charge on any atom is -0.387 e. The number of nitrogens with zero attached hydrogens (tertiary/aromatic N) is 2. The number of amides is 1. The van der Waals surface area contributed by atoms with Gasteiger partial charge in [0.25, 0.3) is 5.91 Å². The van der Waals surface area contributed by atoms with Gasteiger partial charge >= 0.3 is 0 Å². The molecule has 104 valence electrons. The molecule has 1 aliphatic heterocycles. The SMILES string of the molecule is CNc1cc(C)ncc1C(=O)N(C)CC1CCCO1. The maximum Gasteiger partial charge on any atom is 0.257 e. The Hall–Kier alpha value is -1.62. The number of aromatic nitrogens is 1. The van der Waals surface area contributed by atoms with E-state index in [-0.39, 0.29) is 12.0 Å². The molecule has 19 heavy (non-hydrogen) atoms. The van der Waals surface area contributed by atoms with E-state index in [1.165, 1.54) is 0 Å². The van der Waals surface area contributed by atoms with Gasteiger partial charge in [0.2, 0.25) is 0 Å². The van der Waals surface area contributed by atoms with Crippen molar-refractivity contribution in [3.05, 3.63) is 23.5 Å². The Bertz CT molecular complexity index is 456. The molecule has 1 aromatic rings. The molecule has 2 heterocycles. The minimum absolute atomic E-state index is 0.0210. The Morgan fingerprint density at radius 2 is 2.42 bits per heavy atom. The Balaban J connectivity index is 2.09. The zero-order valence-electron chi connectivity index (χ0n) is 11.8. The van der Waals surface area contributed by atoms with Crippen LogP contribution in [0.2, 0.25) is 0 Å². The van der Waals surface area contributed by atoms with Gasteiger partial charge in [-0.15, -0.1) is 0 Å². The van der Waals surface area contributed by atoms with Crippen molar-refractivity contribution in [3.8, 4) is 0 Å². The van der Waals surface area contributed by atoms with Crippen molar-refractivity contribution in [3.63, 3.8) is 0 Å². The van der Waals surface area contributed by atoms with Crippen molar-refractivity contribution in [2.24, 2.45) is 0 Å². The number of carbonyl (C=O) groups is 1. The van der Waals surface area contributed by atoms with Crippen LogP contribution in [0.1, 0.15) is 28.9 Å². The number of carbonyl (C=O) groups excluding carboxylic acids is 1. The number of pyridine rings is 1. The van der Waals surface area contributed by atoms with Crippen LogP contribution in [0.15, 0.2) is 12.3 Å². The smallest absolute Gasteiger partial charge is 0.257 e. The van der Waals surface area contributed by atoms with Crippen LogP contribution in [-0.4, -0.2) is 49.1 Å². The first kappa shape index (κ1) is 13.8. The molecule has 1 N–H and O–H groups in total. The van der Waals surface area contributed by atoms with E-state index in [2.05, 4.69) is 10.3 Å². The zero-order chi connectivity index (χ0) is 13.8. The van der Waals surface area contributed by atoms with E-state index in [9.17, 15) is 4.79 Å². The van der Waals surface area contributed by atoms with E-state index in [1.807, 2.05) is 27.1 Å². The predicted molar refractivity (Wildman–Crippen MR) is 74.5 cm³/mol. The fraction of sp³-hybridized carbons (Fsp3) is 0.571. The number of hydrogen-bond donors (Lipinski definition) is 1. The van der Waals surface area contributed by atoms with Crippen LogP contribution < -0.4 is 5.32 Å². The maximum atomic E-state index is 12.4. The van der Waals surface area contributed by atoms with E-state index < -0.39 is 0 Å². The highest BCUT2D eigenvalue weighted by Crippen LogP contribution is 2.18. The molecule has 1 unspecified atom stereocenters. The van der Waals surface area contributed by atoms with Gasteiger partial charge in [0.1, 0.15) is 0 Å². The fourth-order valence-electron chi connectivity index (χ4n) is 2.32. The molecule has 1 amide bonds. The van der Waals surface area contributed by atoms with E-state index in [1.54, 1.807) is 11.1 Å². The summed E-state index contributed by atoms with van der Waals surface area (Å²) in [5.41, 5.74) is 2.31. The van der Waals surface area contributed by atoms with Gasteiger partial charge < -0.3 is 15.0 Å². The maximum absolute atomic E-state index is 12.4. The summed E-state index contributed by atoms with van der Waals surface area (Å²) in [5.74, 6) is -0.0210. The molecule has 1 atom stereocenters. The van der Waals surface area contributed by atoms with Crippen LogP contribution in [0.4, 0.5) is 5.69 Å². The summed E-state index contributed by atoms with van der Waals surface area (Å²) in [6, 6.07) is 1.88. The summed E-state index contributed by atoms with van der Waals surface area (Å²) < 4.78 is 5.56. The van der Waals surface area contributed by atoms with Crippen molar-refractivity contribution >= 4 is 11.6 Å². The molecule has 0 spiro atoms. The van der Waals surface area contributed by atoms with Crippen molar-refractivity contribution in [1.29, 1.82) is 0 Å².